The number of nitro groups is 1. The predicted molar refractivity (Wildman–Crippen MR) is 61.7 cm³/mol. The summed E-state index contributed by atoms with van der Waals surface area (Å²) in [5.41, 5.74) is 0.374. The van der Waals surface area contributed by atoms with Gasteiger partial charge in [-0.15, -0.1) is 0 Å². The summed E-state index contributed by atoms with van der Waals surface area (Å²) in [5.74, 6) is -0.549. The highest BCUT2D eigenvalue weighted by Crippen LogP contribution is 2.34. The molecule has 16 heavy (non-hydrogen) atoms. The number of nitrogens with one attached hydrogen (secondary N) is 1. The number of ether oxygens (including phenoxy) is 1. The second-order valence-corrected chi connectivity index (χ2v) is 3.71. The van der Waals surface area contributed by atoms with Crippen LogP contribution in [0.1, 0.15) is 10.4 Å². The van der Waals surface area contributed by atoms with E-state index in [0.717, 1.165) is 0 Å². The highest BCUT2D eigenvalue weighted by Gasteiger charge is 2.21. The maximum Gasteiger partial charge on any atom is 0.337 e. The summed E-state index contributed by atoms with van der Waals surface area (Å²) in [6.07, 6.45) is 0. The Balaban J connectivity index is 3.37. The Bertz CT molecular complexity index is 447. The zero-order chi connectivity index (χ0) is 12.3. The van der Waals surface area contributed by atoms with E-state index in [4.69, 9.17) is 0 Å². The predicted octanol–water partition coefficient (Wildman–Crippen LogP) is 2.19. The van der Waals surface area contributed by atoms with Gasteiger partial charge in [0.25, 0.3) is 0 Å². The van der Waals surface area contributed by atoms with Crippen molar-refractivity contribution < 1.29 is 14.5 Å². The highest BCUT2D eigenvalue weighted by molar-refractivity contribution is 9.10. The Kier molecular flexibility index (Phi) is 3.83. The van der Waals surface area contributed by atoms with Gasteiger partial charge in [0.2, 0.25) is 0 Å². The molecule has 0 heterocycles. The molecule has 0 fully saturated rings. The van der Waals surface area contributed by atoms with Gasteiger partial charge in [-0.2, -0.15) is 0 Å². The van der Waals surface area contributed by atoms with Gasteiger partial charge in [-0.3, -0.25) is 10.1 Å². The van der Waals surface area contributed by atoms with Crippen molar-refractivity contribution in [1.29, 1.82) is 0 Å². The molecular weight excluding hydrogens is 280 g/mol. The Morgan fingerprint density at radius 2 is 2.19 bits per heavy atom. The van der Waals surface area contributed by atoms with Crippen LogP contribution in [-0.4, -0.2) is 25.1 Å². The van der Waals surface area contributed by atoms with E-state index in [1.807, 2.05) is 0 Å². The van der Waals surface area contributed by atoms with Gasteiger partial charge in [0.05, 0.1) is 22.1 Å². The largest absolute Gasteiger partial charge is 0.465 e. The van der Waals surface area contributed by atoms with Crippen LogP contribution in [0.2, 0.25) is 0 Å². The van der Waals surface area contributed by atoms with Gasteiger partial charge < -0.3 is 10.1 Å². The molecule has 0 amide bonds. The quantitative estimate of drug-likeness (QED) is 0.524. The van der Waals surface area contributed by atoms with Crippen molar-refractivity contribution in [3.05, 3.63) is 32.3 Å². The first-order valence-corrected chi connectivity index (χ1v) is 5.04. The lowest BCUT2D eigenvalue weighted by atomic mass is 10.1. The van der Waals surface area contributed by atoms with Crippen molar-refractivity contribution in [1.82, 2.24) is 0 Å². The van der Waals surface area contributed by atoms with Crippen LogP contribution in [0.25, 0.3) is 0 Å². The minimum absolute atomic E-state index is 0.116. The third-order valence-corrected chi connectivity index (χ3v) is 2.54. The van der Waals surface area contributed by atoms with Gasteiger partial charge >= 0.3 is 11.7 Å². The molecular formula is C9H9BrN2O4. The number of anilines is 1. The second-order valence-electron chi connectivity index (χ2n) is 2.85. The third kappa shape index (κ3) is 2.30. The maximum absolute atomic E-state index is 11.3. The number of halogens is 1. The van der Waals surface area contributed by atoms with E-state index in [1.54, 1.807) is 0 Å². The molecule has 0 aliphatic rings. The molecule has 1 N–H and O–H groups in total. The molecule has 0 aliphatic heterocycles. The molecule has 0 saturated carbocycles. The Morgan fingerprint density at radius 1 is 1.56 bits per heavy atom. The summed E-state index contributed by atoms with van der Waals surface area (Å²) < 4.78 is 4.76. The SMILES string of the molecule is CNc1cc(C(=O)OC)cc(Br)c1[N+](=O)[O-]. The molecule has 0 aliphatic carbocycles. The van der Waals surface area contributed by atoms with E-state index in [0.29, 0.717) is 0 Å². The summed E-state index contributed by atoms with van der Waals surface area (Å²) in [6.45, 7) is 0. The molecule has 0 bridgehead atoms. The van der Waals surface area contributed by atoms with Crippen LogP contribution < -0.4 is 5.32 Å². The number of methoxy groups -OCH3 is 1. The first-order chi connectivity index (χ1) is 7.51. The number of carbonyl (C=O) groups is 1. The van der Waals surface area contributed by atoms with Gasteiger partial charge in [-0.25, -0.2) is 4.79 Å². The van der Waals surface area contributed by atoms with Crippen LogP contribution in [0.4, 0.5) is 11.4 Å². The van der Waals surface area contributed by atoms with E-state index >= 15 is 0 Å². The summed E-state index contributed by atoms with van der Waals surface area (Å²) in [6, 6.07) is 2.72. The smallest absolute Gasteiger partial charge is 0.337 e. The fourth-order valence-corrected chi connectivity index (χ4v) is 1.82. The minimum atomic E-state index is -0.549. The molecule has 1 aromatic carbocycles. The number of carbonyl (C=O) groups excluding carboxylic acids is 1. The number of benzene rings is 1. The van der Waals surface area contributed by atoms with Crippen LogP contribution in [0.5, 0.6) is 0 Å². The number of hydrogen-bond donors (Lipinski definition) is 1. The second kappa shape index (κ2) is 4.93. The Labute approximate surface area is 99.9 Å². The lowest BCUT2D eigenvalue weighted by molar-refractivity contribution is -0.384. The van der Waals surface area contributed by atoms with Gasteiger partial charge in [-0.05, 0) is 28.1 Å². The average Bonchev–Trinajstić information content (AvgIpc) is 2.26. The van der Waals surface area contributed by atoms with Crippen molar-refractivity contribution in [3.63, 3.8) is 0 Å². The molecule has 0 saturated heterocycles. The highest BCUT2D eigenvalue weighted by atomic mass is 79.9. The molecule has 1 rings (SSSR count). The molecule has 86 valence electrons. The van der Waals surface area contributed by atoms with Crippen molar-refractivity contribution in [3.8, 4) is 0 Å². The molecule has 7 heteroatoms. The van der Waals surface area contributed by atoms with Gasteiger partial charge in [-0.1, -0.05) is 0 Å². The zero-order valence-electron chi connectivity index (χ0n) is 8.61. The zero-order valence-corrected chi connectivity index (χ0v) is 10.2. The van der Waals surface area contributed by atoms with E-state index in [9.17, 15) is 14.9 Å². The fourth-order valence-electron chi connectivity index (χ4n) is 1.21. The number of nitro benzene ring substituents is 1. The van der Waals surface area contributed by atoms with Crippen LogP contribution in [0, 0.1) is 10.1 Å². The first kappa shape index (κ1) is 12.4. The van der Waals surface area contributed by atoms with Gasteiger partial charge in [0.15, 0.2) is 0 Å². The summed E-state index contributed by atoms with van der Waals surface area (Å²) >= 11 is 3.05. The normalized spacial score (nSPS) is 9.69. The van der Waals surface area contributed by atoms with E-state index in [2.05, 4.69) is 26.0 Å². The fraction of sp³-hybridized carbons (Fsp3) is 0.222. The molecule has 0 atom stereocenters. The molecule has 6 nitrogen and oxygen atoms in total. The lowest BCUT2D eigenvalue weighted by Crippen LogP contribution is -2.05. The molecule has 0 spiro atoms. The topological polar surface area (TPSA) is 81.5 Å². The first-order valence-electron chi connectivity index (χ1n) is 4.25. The van der Waals surface area contributed by atoms with Crippen LogP contribution >= 0.6 is 15.9 Å². The molecule has 0 aromatic heterocycles. The van der Waals surface area contributed by atoms with Crippen molar-refractivity contribution in [2.45, 2.75) is 0 Å². The third-order valence-electron chi connectivity index (χ3n) is 1.94. The minimum Gasteiger partial charge on any atom is -0.465 e. The summed E-state index contributed by atoms with van der Waals surface area (Å²) in [4.78, 5) is 21.5. The average molecular weight is 289 g/mol. The summed E-state index contributed by atoms with van der Waals surface area (Å²) in [5, 5.41) is 13.4. The van der Waals surface area contributed by atoms with Gasteiger partial charge in [0.1, 0.15) is 5.69 Å². The van der Waals surface area contributed by atoms with E-state index in [-0.39, 0.29) is 21.4 Å². The number of esters is 1. The summed E-state index contributed by atoms with van der Waals surface area (Å²) in [7, 11) is 2.78. The number of nitrogens with zero attached hydrogens (tertiary/aromatic N) is 1. The Morgan fingerprint density at radius 3 is 2.62 bits per heavy atom. The maximum atomic E-state index is 11.3. The van der Waals surface area contributed by atoms with Crippen molar-refractivity contribution in [2.75, 3.05) is 19.5 Å². The molecule has 0 unspecified atom stereocenters. The van der Waals surface area contributed by atoms with Crippen LogP contribution in [0.3, 0.4) is 0 Å². The van der Waals surface area contributed by atoms with Gasteiger partial charge in [0, 0.05) is 7.05 Å². The van der Waals surface area contributed by atoms with Crippen LogP contribution in [0.15, 0.2) is 16.6 Å². The lowest BCUT2D eigenvalue weighted by Gasteiger charge is -2.06. The van der Waals surface area contributed by atoms with E-state index < -0.39 is 10.9 Å². The van der Waals surface area contributed by atoms with E-state index in [1.165, 1.54) is 26.3 Å². The molecule has 1 aromatic rings. The molecule has 0 radical (unpaired) electrons. The van der Waals surface area contributed by atoms with Crippen molar-refractivity contribution in [2.24, 2.45) is 0 Å². The monoisotopic (exact) mass is 288 g/mol. The van der Waals surface area contributed by atoms with Crippen LogP contribution in [-0.2, 0) is 4.74 Å². The standard InChI is InChI=1S/C9H9BrN2O4/c1-11-7-4-5(9(13)16-2)3-6(10)8(7)12(14)15/h3-4,11H,1-2H3. The van der Waals surface area contributed by atoms with Crippen molar-refractivity contribution >= 4 is 33.3 Å². The number of rotatable bonds is 3. The number of hydrogen-bond acceptors (Lipinski definition) is 5. The Hall–Kier alpha value is -1.63.